The molecule has 8 nitrogen and oxygen atoms in total. The molecular formula is C23H18N2O6S2. The molecule has 3 rings (SSSR count). The van der Waals surface area contributed by atoms with E-state index in [2.05, 4.69) is 0 Å². The number of nitro groups is 2. The van der Waals surface area contributed by atoms with E-state index in [-0.39, 0.29) is 22.2 Å². The zero-order valence-electron chi connectivity index (χ0n) is 17.4. The lowest BCUT2D eigenvalue weighted by Gasteiger charge is -2.05. The Kier molecular flexibility index (Phi) is 7.96. The van der Waals surface area contributed by atoms with Crippen LogP contribution in [0.25, 0.3) is 12.2 Å². The maximum absolute atomic E-state index is 13.0. The standard InChI is InChI=1S/C23H18N2O6S2/c1-15-14-32-23(33-15)22(20(26)10-8-16-4-2-6-18(12-16)24(28)29)21(27)11-9-17-5-3-7-19(13-17)25(30)31/h2-13,15H,14H2,1H3/b10-8+,11-9+. The number of thioether (sulfide) groups is 2. The third-order valence-corrected chi connectivity index (χ3v) is 7.44. The summed E-state index contributed by atoms with van der Waals surface area (Å²) in [4.78, 5) is 46.8. The minimum atomic E-state index is -0.526. The smallest absolute Gasteiger partial charge is 0.270 e. The highest BCUT2D eigenvalue weighted by Gasteiger charge is 2.26. The number of hydrogen-bond donors (Lipinski definition) is 0. The number of rotatable bonds is 8. The average Bonchev–Trinajstić information content (AvgIpc) is 3.22. The third-order valence-electron chi connectivity index (χ3n) is 4.47. The number of carbonyl (C=O) groups excluding carboxylic acids is 2. The van der Waals surface area contributed by atoms with Crippen molar-refractivity contribution in [3.63, 3.8) is 0 Å². The number of benzene rings is 2. The molecule has 10 heteroatoms. The van der Waals surface area contributed by atoms with Gasteiger partial charge in [-0.25, -0.2) is 0 Å². The molecule has 33 heavy (non-hydrogen) atoms. The van der Waals surface area contributed by atoms with Gasteiger partial charge in [-0.2, -0.15) is 0 Å². The molecule has 0 spiro atoms. The van der Waals surface area contributed by atoms with Gasteiger partial charge >= 0.3 is 0 Å². The number of nitrogens with zero attached hydrogens (tertiary/aromatic N) is 2. The molecule has 1 atom stereocenters. The van der Waals surface area contributed by atoms with E-state index >= 15 is 0 Å². The Balaban J connectivity index is 1.88. The topological polar surface area (TPSA) is 120 Å². The number of nitro benzene ring substituents is 2. The number of carbonyl (C=O) groups is 2. The van der Waals surface area contributed by atoms with Crippen LogP contribution < -0.4 is 0 Å². The highest BCUT2D eigenvalue weighted by atomic mass is 32.2. The lowest BCUT2D eigenvalue weighted by molar-refractivity contribution is -0.385. The first-order valence-electron chi connectivity index (χ1n) is 9.72. The predicted octanol–water partition coefficient (Wildman–Crippen LogP) is 5.45. The molecule has 168 valence electrons. The number of hydrogen-bond acceptors (Lipinski definition) is 8. The maximum atomic E-state index is 13.0. The van der Waals surface area contributed by atoms with Gasteiger partial charge in [0.1, 0.15) is 0 Å². The Labute approximate surface area is 197 Å². The summed E-state index contributed by atoms with van der Waals surface area (Å²) in [6.07, 6.45) is 5.32. The van der Waals surface area contributed by atoms with Gasteiger partial charge in [-0.05, 0) is 23.3 Å². The normalized spacial score (nSPS) is 15.8. The molecule has 1 unspecified atom stereocenters. The van der Waals surface area contributed by atoms with Gasteiger partial charge in [-0.15, -0.1) is 23.5 Å². The van der Waals surface area contributed by atoms with E-state index < -0.39 is 21.4 Å². The first-order valence-corrected chi connectivity index (χ1v) is 11.6. The van der Waals surface area contributed by atoms with Gasteiger partial charge in [-0.1, -0.05) is 43.3 Å². The second-order valence-electron chi connectivity index (χ2n) is 7.00. The molecule has 1 aliphatic rings. The number of allylic oxidation sites excluding steroid dienone is 3. The van der Waals surface area contributed by atoms with Gasteiger partial charge < -0.3 is 0 Å². The molecule has 0 saturated carbocycles. The second kappa shape index (κ2) is 10.9. The van der Waals surface area contributed by atoms with Gasteiger partial charge in [0.15, 0.2) is 11.6 Å². The molecule has 1 aliphatic heterocycles. The van der Waals surface area contributed by atoms with Crippen LogP contribution in [0.2, 0.25) is 0 Å². The molecule has 0 radical (unpaired) electrons. The zero-order valence-corrected chi connectivity index (χ0v) is 19.0. The van der Waals surface area contributed by atoms with Crippen molar-refractivity contribution in [2.75, 3.05) is 5.75 Å². The summed E-state index contributed by atoms with van der Waals surface area (Å²) >= 11 is 2.87. The van der Waals surface area contributed by atoms with Crippen LogP contribution in [0, 0.1) is 20.2 Å². The van der Waals surface area contributed by atoms with E-state index in [1.54, 1.807) is 12.1 Å². The molecule has 0 N–H and O–H groups in total. The van der Waals surface area contributed by atoms with Crippen LogP contribution in [0.5, 0.6) is 0 Å². The zero-order chi connectivity index (χ0) is 24.0. The average molecular weight is 483 g/mol. The Morgan fingerprint density at radius 1 is 0.909 bits per heavy atom. The van der Waals surface area contributed by atoms with Crippen molar-refractivity contribution in [1.29, 1.82) is 0 Å². The SMILES string of the molecule is CC1CSC(=C(C(=O)/C=C/c2cccc([N+](=O)[O-])c2)C(=O)/C=C/c2cccc([N+](=O)[O-])c2)S1. The van der Waals surface area contributed by atoms with Crippen LogP contribution >= 0.6 is 23.5 Å². The summed E-state index contributed by atoms with van der Waals surface area (Å²) in [7, 11) is 0. The fourth-order valence-electron chi connectivity index (χ4n) is 2.89. The van der Waals surface area contributed by atoms with Crippen LogP contribution in [0.15, 0.2) is 70.5 Å². The largest absolute Gasteiger partial charge is 0.289 e. The highest BCUT2D eigenvalue weighted by Crippen LogP contribution is 2.44. The molecule has 1 fully saturated rings. The van der Waals surface area contributed by atoms with Gasteiger partial charge in [-0.3, -0.25) is 29.8 Å². The fourth-order valence-corrected chi connectivity index (χ4v) is 5.75. The summed E-state index contributed by atoms with van der Waals surface area (Å²) in [6, 6.07) is 11.6. The summed E-state index contributed by atoms with van der Waals surface area (Å²) in [5.74, 6) is -0.272. The molecule has 2 aromatic rings. The van der Waals surface area contributed by atoms with Crippen LogP contribution in [0.4, 0.5) is 11.4 Å². The summed E-state index contributed by atoms with van der Waals surface area (Å²) in [6.45, 7) is 2.00. The molecule has 0 bridgehead atoms. The Hall–Kier alpha value is -3.50. The monoisotopic (exact) mass is 482 g/mol. The van der Waals surface area contributed by atoms with Gasteiger partial charge in [0, 0.05) is 35.3 Å². The Morgan fingerprint density at radius 3 is 1.79 bits per heavy atom. The van der Waals surface area contributed by atoms with Crippen molar-refractivity contribution in [2.45, 2.75) is 12.2 Å². The number of non-ortho nitro benzene ring substituents is 2. The lowest BCUT2D eigenvalue weighted by atomic mass is 10.1. The van der Waals surface area contributed by atoms with Crippen molar-refractivity contribution >= 4 is 58.6 Å². The quantitative estimate of drug-likeness (QED) is 0.160. The summed E-state index contributed by atoms with van der Waals surface area (Å²) in [5.41, 5.74) is 0.727. The first-order chi connectivity index (χ1) is 15.7. The van der Waals surface area contributed by atoms with E-state index in [9.17, 15) is 29.8 Å². The molecule has 1 saturated heterocycles. The van der Waals surface area contributed by atoms with Crippen LogP contribution in [-0.2, 0) is 9.59 Å². The highest BCUT2D eigenvalue weighted by molar-refractivity contribution is 8.25. The minimum Gasteiger partial charge on any atom is -0.289 e. The molecule has 2 aromatic carbocycles. The van der Waals surface area contributed by atoms with Crippen molar-refractivity contribution in [3.8, 4) is 0 Å². The van der Waals surface area contributed by atoms with E-state index in [1.165, 1.54) is 84.2 Å². The van der Waals surface area contributed by atoms with E-state index in [4.69, 9.17) is 0 Å². The molecule has 0 amide bonds. The second-order valence-corrected chi connectivity index (χ2v) is 9.74. The van der Waals surface area contributed by atoms with Gasteiger partial charge in [0.2, 0.25) is 0 Å². The lowest BCUT2D eigenvalue weighted by Crippen LogP contribution is -2.10. The maximum Gasteiger partial charge on any atom is 0.270 e. The van der Waals surface area contributed by atoms with Crippen LogP contribution in [0.1, 0.15) is 18.1 Å². The fraction of sp³-hybridized carbons (Fsp3) is 0.130. The van der Waals surface area contributed by atoms with Gasteiger partial charge in [0.25, 0.3) is 11.4 Å². The van der Waals surface area contributed by atoms with Crippen molar-refractivity contribution < 1.29 is 19.4 Å². The van der Waals surface area contributed by atoms with Crippen molar-refractivity contribution in [1.82, 2.24) is 0 Å². The predicted molar refractivity (Wildman–Crippen MR) is 131 cm³/mol. The molecular weight excluding hydrogens is 464 g/mol. The molecule has 0 aliphatic carbocycles. The van der Waals surface area contributed by atoms with Crippen molar-refractivity contribution in [2.24, 2.45) is 0 Å². The minimum absolute atomic E-state index is 0.0118. The molecule has 1 heterocycles. The Bertz CT molecular complexity index is 1140. The van der Waals surface area contributed by atoms with Crippen molar-refractivity contribution in [3.05, 3.63) is 102 Å². The van der Waals surface area contributed by atoms with E-state index in [1.807, 2.05) is 6.92 Å². The van der Waals surface area contributed by atoms with Crippen LogP contribution in [0.3, 0.4) is 0 Å². The molecule has 0 aromatic heterocycles. The summed E-state index contributed by atoms with van der Waals surface area (Å²) in [5, 5.41) is 22.1. The number of ketones is 2. The van der Waals surface area contributed by atoms with E-state index in [0.717, 1.165) is 5.75 Å². The third kappa shape index (κ3) is 6.50. The van der Waals surface area contributed by atoms with Gasteiger partial charge in [0.05, 0.1) is 19.7 Å². The van der Waals surface area contributed by atoms with E-state index in [0.29, 0.717) is 15.4 Å². The first kappa shape index (κ1) is 24.1. The van der Waals surface area contributed by atoms with Crippen LogP contribution in [-0.4, -0.2) is 32.4 Å². The Morgan fingerprint density at radius 2 is 1.39 bits per heavy atom. The summed E-state index contributed by atoms with van der Waals surface area (Å²) < 4.78 is 0.616.